The Morgan fingerprint density at radius 3 is 2.26 bits per heavy atom. The molecule has 0 aliphatic heterocycles. The zero-order valence-electron chi connectivity index (χ0n) is 15.1. The summed E-state index contributed by atoms with van der Waals surface area (Å²) < 4.78 is 5.45. The van der Waals surface area contributed by atoms with Crippen LogP contribution in [0.25, 0.3) is 16.7 Å². The molecule has 134 valence electrons. The van der Waals surface area contributed by atoms with Crippen LogP contribution in [0.1, 0.15) is 28.7 Å². The Morgan fingerprint density at radius 2 is 1.67 bits per heavy atom. The maximum Gasteiger partial charge on any atom is 0.344 e. The molecule has 0 spiro atoms. The quantitative estimate of drug-likeness (QED) is 0.309. The van der Waals surface area contributed by atoms with E-state index in [0.717, 1.165) is 28.8 Å². The molecular formula is C23H19NO2S. The fourth-order valence-corrected chi connectivity index (χ4v) is 3.71. The minimum atomic E-state index is -0.439. The SMILES string of the molecule is C=C(C(=O)Oc1ccc(-c2ccc(C#N)cc2)cc1)c1ccc(CCC)s1. The van der Waals surface area contributed by atoms with Gasteiger partial charge in [-0.05, 0) is 53.9 Å². The Labute approximate surface area is 163 Å². The van der Waals surface area contributed by atoms with E-state index in [9.17, 15) is 4.79 Å². The molecule has 0 bridgehead atoms. The number of ether oxygens (including phenoxy) is 1. The van der Waals surface area contributed by atoms with Crippen LogP contribution < -0.4 is 4.74 Å². The van der Waals surface area contributed by atoms with Crippen molar-refractivity contribution in [1.82, 2.24) is 0 Å². The zero-order valence-corrected chi connectivity index (χ0v) is 15.9. The lowest BCUT2D eigenvalue weighted by Crippen LogP contribution is -2.08. The fraction of sp³-hybridized carbons (Fsp3) is 0.130. The van der Waals surface area contributed by atoms with E-state index in [0.29, 0.717) is 16.9 Å². The van der Waals surface area contributed by atoms with Gasteiger partial charge in [-0.3, -0.25) is 0 Å². The summed E-state index contributed by atoms with van der Waals surface area (Å²) in [6, 6.07) is 20.7. The van der Waals surface area contributed by atoms with E-state index in [4.69, 9.17) is 10.00 Å². The molecule has 0 N–H and O–H groups in total. The molecular weight excluding hydrogens is 354 g/mol. The van der Waals surface area contributed by atoms with Crippen molar-refractivity contribution >= 4 is 22.9 Å². The monoisotopic (exact) mass is 373 g/mol. The summed E-state index contributed by atoms with van der Waals surface area (Å²) in [6.45, 7) is 6.01. The summed E-state index contributed by atoms with van der Waals surface area (Å²) in [5, 5.41) is 8.87. The largest absolute Gasteiger partial charge is 0.423 e. The topological polar surface area (TPSA) is 50.1 Å². The lowest BCUT2D eigenvalue weighted by atomic mass is 10.0. The third-order valence-corrected chi connectivity index (χ3v) is 5.32. The number of esters is 1. The van der Waals surface area contributed by atoms with E-state index in [1.165, 1.54) is 4.88 Å². The first-order valence-corrected chi connectivity index (χ1v) is 9.53. The highest BCUT2D eigenvalue weighted by Crippen LogP contribution is 2.27. The number of nitrogens with zero attached hydrogens (tertiary/aromatic N) is 1. The Hall–Kier alpha value is -3.16. The molecule has 0 amide bonds. The average Bonchev–Trinajstić information content (AvgIpc) is 3.17. The molecule has 0 atom stereocenters. The van der Waals surface area contributed by atoms with Crippen LogP contribution in [0.3, 0.4) is 0 Å². The summed E-state index contributed by atoms with van der Waals surface area (Å²) in [6.07, 6.45) is 2.08. The van der Waals surface area contributed by atoms with E-state index >= 15 is 0 Å². The number of thiophene rings is 1. The molecule has 3 aromatic rings. The van der Waals surface area contributed by atoms with Crippen LogP contribution in [-0.2, 0) is 11.2 Å². The molecule has 0 radical (unpaired) electrons. The molecule has 1 aromatic heterocycles. The van der Waals surface area contributed by atoms with Crippen LogP contribution in [0.2, 0.25) is 0 Å². The molecule has 2 aromatic carbocycles. The van der Waals surface area contributed by atoms with E-state index in [-0.39, 0.29) is 0 Å². The van der Waals surface area contributed by atoms with Gasteiger partial charge < -0.3 is 4.74 Å². The third kappa shape index (κ3) is 4.52. The molecule has 0 saturated heterocycles. The van der Waals surface area contributed by atoms with Gasteiger partial charge in [0.15, 0.2) is 0 Å². The molecule has 0 unspecified atom stereocenters. The van der Waals surface area contributed by atoms with E-state index in [1.54, 1.807) is 35.6 Å². The standard InChI is InChI=1S/C23H19NO2S/c1-3-4-21-13-14-22(27-21)16(2)23(25)26-20-11-9-19(10-12-20)18-7-5-17(15-24)6-8-18/h5-14H,2-4H2,1H3. The van der Waals surface area contributed by atoms with Crippen molar-refractivity contribution in [3.8, 4) is 22.9 Å². The summed E-state index contributed by atoms with van der Waals surface area (Å²) in [5.74, 6) is 0.0369. The van der Waals surface area contributed by atoms with Crippen LogP contribution >= 0.6 is 11.3 Å². The van der Waals surface area contributed by atoms with Crippen LogP contribution in [0, 0.1) is 11.3 Å². The second-order valence-corrected chi connectivity index (χ2v) is 7.27. The molecule has 3 rings (SSSR count). The number of hydrogen-bond acceptors (Lipinski definition) is 4. The summed E-state index contributed by atoms with van der Waals surface area (Å²) in [4.78, 5) is 14.4. The van der Waals surface area contributed by atoms with Crippen molar-refractivity contribution in [3.63, 3.8) is 0 Å². The predicted molar refractivity (Wildman–Crippen MR) is 110 cm³/mol. The average molecular weight is 373 g/mol. The minimum absolute atomic E-state index is 0.374. The first-order chi connectivity index (χ1) is 13.1. The van der Waals surface area contributed by atoms with Gasteiger partial charge in [0.25, 0.3) is 0 Å². The normalized spacial score (nSPS) is 10.2. The number of rotatable bonds is 6. The van der Waals surface area contributed by atoms with E-state index in [1.807, 2.05) is 36.4 Å². The van der Waals surface area contributed by atoms with Gasteiger partial charge in [-0.25, -0.2) is 4.79 Å². The third-order valence-electron chi connectivity index (χ3n) is 4.11. The molecule has 0 fully saturated rings. The lowest BCUT2D eigenvalue weighted by molar-refractivity contribution is -0.127. The van der Waals surface area contributed by atoms with Crippen molar-refractivity contribution < 1.29 is 9.53 Å². The summed E-state index contributed by atoms with van der Waals surface area (Å²) in [7, 11) is 0. The Bertz CT molecular complexity index is 992. The van der Waals surface area contributed by atoms with Crippen molar-refractivity contribution in [2.24, 2.45) is 0 Å². The van der Waals surface area contributed by atoms with Gasteiger partial charge in [-0.2, -0.15) is 5.26 Å². The van der Waals surface area contributed by atoms with Crippen molar-refractivity contribution in [2.75, 3.05) is 0 Å². The number of carbonyl (C=O) groups excluding carboxylic acids is 1. The fourth-order valence-electron chi connectivity index (χ4n) is 2.64. The summed E-state index contributed by atoms with van der Waals surface area (Å²) in [5.41, 5.74) is 2.98. The number of hydrogen-bond donors (Lipinski definition) is 0. The zero-order chi connectivity index (χ0) is 19.2. The molecule has 0 saturated carbocycles. The van der Waals surface area contributed by atoms with Crippen LogP contribution in [0.15, 0.2) is 67.2 Å². The van der Waals surface area contributed by atoms with Gasteiger partial charge in [0.1, 0.15) is 5.75 Å². The molecule has 0 aliphatic carbocycles. The van der Waals surface area contributed by atoms with Crippen LogP contribution in [-0.4, -0.2) is 5.97 Å². The molecule has 27 heavy (non-hydrogen) atoms. The Balaban J connectivity index is 1.67. The van der Waals surface area contributed by atoms with Gasteiger partial charge in [0, 0.05) is 9.75 Å². The van der Waals surface area contributed by atoms with Gasteiger partial charge in [-0.15, -0.1) is 11.3 Å². The molecule has 1 heterocycles. The van der Waals surface area contributed by atoms with Crippen LogP contribution in [0.4, 0.5) is 0 Å². The Morgan fingerprint density at radius 1 is 1.04 bits per heavy atom. The number of carbonyl (C=O) groups is 1. The van der Waals surface area contributed by atoms with Gasteiger partial charge in [-0.1, -0.05) is 44.2 Å². The first kappa shape index (κ1) is 18.6. The van der Waals surface area contributed by atoms with E-state index < -0.39 is 5.97 Å². The minimum Gasteiger partial charge on any atom is -0.423 e. The highest BCUT2D eigenvalue weighted by molar-refractivity contribution is 7.13. The highest BCUT2D eigenvalue weighted by atomic mass is 32.1. The second-order valence-electron chi connectivity index (χ2n) is 6.10. The number of aryl methyl sites for hydroxylation is 1. The van der Waals surface area contributed by atoms with Crippen molar-refractivity contribution in [2.45, 2.75) is 19.8 Å². The second kappa shape index (κ2) is 8.48. The van der Waals surface area contributed by atoms with Crippen molar-refractivity contribution in [3.05, 3.63) is 82.6 Å². The van der Waals surface area contributed by atoms with Gasteiger partial charge in [0.2, 0.25) is 0 Å². The molecule has 3 nitrogen and oxygen atoms in total. The van der Waals surface area contributed by atoms with Crippen LogP contribution in [0.5, 0.6) is 5.75 Å². The maximum atomic E-state index is 12.4. The number of nitriles is 1. The molecule has 4 heteroatoms. The Kier molecular flexibility index (Phi) is 5.85. The summed E-state index contributed by atoms with van der Waals surface area (Å²) >= 11 is 1.58. The lowest BCUT2D eigenvalue weighted by Gasteiger charge is -2.07. The molecule has 0 aliphatic rings. The smallest absolute Gasteiger partial charge is 0.344 e. The van der Waals surface area contributed by atoms with Gasteiger partial charge >= 0.3 is 5.97 Å². The van der Waals surface area contributed by atoms with E-state index in [2.05, 4.69) is 19.6 Å². The highest BCUT2D eigenvalue weighted by Gasteiger charge is 2.14. The van der Waals surface area contributed by atoms with Crippen molar-refractivity contribution in [1.29, 1.82) is 5.26 Å². The maximum absolute atomic E-state index is 12.4. The predicted octanol–water partition coefficient (Wildman–Crippen LogP) is 5.86. The van der Waals surface area contributed by atoms with Gasteiger partial charge in [0.05, 0.1) is 17.2 Å². The number of benzene rings is 2. The first-order valence-electron chi connectivity index (χ1n) is 8.71.